The van der Waals surface area contributed by atoms with Crippen LogP contribution in [0.1, 0.15) is 10.5 Å². The molecule has 0 aliphatic heterocycles. The normalized spacial score (nSPS) is 10.9. The number of thiophene rings is 1. The van der Waals surface area contributed by atoms with Crippen LogP contribution in [-0.2, 0) is 7.05 Å². The smallest absolute Gasteiger partial charge is 0.352 e. The van der Waals surface area contributed by atoms with Gasteiger partial charge in [0.1, 0.15) is 11.4 Å². The Morgan fingerprint density at radius 1 is 1.25 bits per heavy atom. The van der Waals surface area contributed by atoms with Crippen molar-refractivity contribution in [3.8, 4) is 16.3 Å². The Morgan fingerprint density at radius 2 is 2.05 bits per heavy atom. The van der Waals surface area contributed by atoms with E-state index in [1.807, 2.05) is 24.3 Å². The predicted molar refractivity (Wildman–Crippen MR) is 79.7 cm³/mol. The van der Waals surface area contributed by atoms with E-state index in [0.29, 0.717) is 0 Å². The molecular formula is C15H13NO3S. The fourth-order valence-electron chi connectivity index (χ4n) is 2.25. The van der Waals surface area contributed by atoms with Crippen LogP contribution >= 0.6 is 11.3 Å². The average molecular weight is 287 g/mol. The van der Waals surface area contributed by atoms with E-state index >= 15 is 0 Å². The lowest BCUT2D eigenvalue weighted by Gasteiger charge is -2.02. The third-order valence-electron chi connectivity index (χ3n) is 3.32. The molecule has 2 aromatic heterocycles. The maximum atomic E-state index is 11.1. The number of aromatic carboxylic acids is 1. The summed E-state index contributed by atoms with van der Waals surface area (Å²) in [5, 5.41) is 10.2. The van der Waals surface area contributed by atoms with E-state index in [0.717, 1.165) is 26.4 Å². The van der Waals surface area contributed by atoms with Crippen molar-refractivity contribution in [3.05, 3.63) is 42.1 Å². The zero-order valence-corrected chi connectivity index (χ0v) is 11.9. The molecule has 5 heteroatoms. The first-order valence-corrected chi connectivity index (χ1v) is 6.89. The first kappa shape index (κ1) is 12.7. The van der Waals surface area contributed by atoms with Crippen molar-refractivity contribution in [1.29, 1.82) is 0 Å². The number of aromatic nitrogens is 1. The Bertz CT molecular complexity index is 801. The van der Waals surface area contributed by atoms with Crippen molar-refractivity contribution in [1.82, 2.24) is 4.57 Å². The molecule has 0 amide bonds. The Balaban J connectivity index is 2.12. The highest BCUT2D eigenvalue weighted by molar-refractivity contribution is 7.22. The lowest BCUT2D eigenvalue weighted by atomic mass is 10.2. The number of benzene rings is 1. The summed E-state index contributed by atoms with van der Waals surface area (Å²) in [5.74, 6) is -0.0958. The van der Waals surface area contributed by atoms with E-state index in [1.54, 1.807) is 36.1 Å². The van der Waals surface area contributed by atoms with Gasteiger partial charge in [0.15, 0.2) is 0 Å². The summed E-state index contributed by atoms with van der Waals surface area (Å²) in [6.45, 7) is 0. The number of fused-ring (bicyclic) bond motifs is 1. The van der Waals surface area contributed by atoms with Crippen LogP contribution in [0.2, 0.25) is 0 Å². The van der Waals surface area contributed by atoms with E-state index in [4.69, 9.17) is 9.84 Å². The molecule has 0 bridgehead atoms. The quantitative estimate of drug-likeness (QED) is 0.800. The summed E-state index contributed by atoms with van der Waals surface area (Å²) in [7, 11) is 3.41. The van der Waals surface area contributed by atoms with E-state index in [9.17, 15) is 4.79 Å². The van der Waals surface area contributed by atoms with Crippen LogP contribution < -0.4 is 4.74 Å². The second-order valence-electron chi connectivity index (χ2n) is 4.48. The van der Waals surface area contributed by atoms with Gasteiger partial charge in [-0.25, -0.2) is 4.79 Å². The number of carboxylic acids is 1. The van der Waals surface area contributed by atoms with Gasteiger partial charge in [-0.2, -0.15) is 0 Å². The highest BCUT2D eigenvalue weighted by Crippen LogP contribution is 2.35. The molecule has 0 fully saturated rings. The zero-order valence-electron chi connectivity index (χ0n) is 11.1. The molecule has 3 rings (SSSR count). The lowest BCUT2D eigenvalue weighted by molar-refractivity contribution is 0.0687. The molecule has 0 spiro atoms. The number of methoxy groups -OCH3 is 1. The minimum Gasteiger partial charge on any atom is -0.497 e. The molecule has 102 valence electrons. The van der Waals surface area contributed by atoms with Crippen molar-refractivity contribution in [2.75, 3.05) is 7.11 Å². The first-order chi connectivity index (χ1) is 9.60. The number of hydrogen-bond donors (Lipinski definition) is 1. The maximum absolute atomic E-state index is 11.1. The first-order valence-electron chi connectivity index (χ1n) is 6.07. The number of nitrogens with zero attached hydrogens (tertiary/aromatic N) is 1. The second-order valence-corrected chi connectivity index (χ2v) is 5.57. The van der Waals surface area contributed by atoms with E-state index < -0.39 is 5.97 Å². The Morgan fingerprint density at radius 3 is 2.70 bits per heavy atom. The van der Waals surface area contributed by atoms with E-state index in [-0.39, 0.29) is 5.69 Å². The van der Waals surface area contributed by atoms with Gasteiger partial charge >= 0.3 is 5.97 Å². The lowest BCUT2D eigenvalue weighted by Crippen LogP contribution is -2.04. The molecule has 0 saturated carbocycles. The van der Waals surface area contributed by atoms with Gasteiger partial charge in [-0.3, -0.25) is 0 Å². The highest BCUT2D eigenvalue weighted by Gasteiger charge is 2.14. The molecule has 0 radical (unpaired) electrons. The number of ether oxygens (including phenoxy) is 1. The molecule has 0 aliphatic carbocycles. The molecule has 0 atom stereocenters. The molecule has 1 aromatic carbocycles. The summed E-state index contributed by atoms with van der Waals surface area (Å²) >= 11 is 1.64. The molecular weight excluding hydrogens is 274 g/mol. The highest BCUT2D eigenvalue weighted by atomic mass is 32.1. The Kier molecular flexibility index (Phi) is 2.99. The zero-order chi connectivity index (χ0) is 14.3. The van der Waals surface area contributed by atoms with Crippen LogP contribution in [0.25, 0.3) is 20.7 Å². The second kappa shape index (κ2) is 4.68. The minimum absolute atomic E-state index is 0.287. The number of carboxylic acid groups (broad SMARTS) is 1. The summed E-state index contributed by atoms with van der Waals surface area (Å²) in [6.07, 6.45) is 0. The van der Waals surface area contributed by atoms with Crippen molar-refractivity contribution >= 4 is 27.4 Å². The number of carbonyl (C=O) groups is 1. The van der Waals surface area contributed by atoms with Crippen LogP contribution in [0.15, 0.2) is 36.4 Å². The Labute approximate surface area is 119 Å². The summed E-state index contributed by atoms with van der Waals surface area (Å²) < 4.78 is 8.07. The SMILES string of the molecule is COc1ccc2sc(-c3ccc(C(=O)O)n3C)cc2c1. The van der Waals surface area contributed by atoms with E-state index in [1.165, 1.54) is 0 Å². The summed E-state index contributed by atoms with van der Waals surface area (Å²) in [6, 6.07) is 11.5. The molecule has 4 nitrogen and oxygen atoms in total. The van der Waals surface area contributed by atoms with Gasteiger partial charge in [0.2, 0.25) is 0 Å². The molecule has 0 saturated heterocycles. The van der Waals surface area contributed by atoms with Crippen molar-refractivity contribution in [2.24, 2.45) is 7.05 Å². The van der Waals surface area contributed by atoms with Crippen molar-refractivity contribution in [3.63, 3.8) is 0 Å². The van der Waals surface area contributed by atoms with Gasteiger partial charge in [-0.15, -0.1) is 11.3 Å². The van der Waals surface area contributed by atoms with Crippen LogP contribution in [-0.4, -0.2) is 22.8 Å². The molecule has 0 unspecified atom stereocenters. The van der Waals surface area contributed by atoms with Crippen molar-refractivity contribution in [2.45, 2.75) is 0 Å². The van der Waals surface area contributed by atoms with Crippen LogP contribution in [0.5, 0.6) is 5.75 Å². The number of rotatable bonds is 3. The largest absolute Gasteiger partial charge is 0.497 e. The van der Waals surface area contributed by atoms with E-state index in [2.05, 4.69) is 6.07 Å². The minimum atomic E-state index is -0.915. The maximum Gasteiger partial charge on any atom is 0.352 e. The fourth-order valence-corrected chi connectivity index (χ4v) is 3.35. The summed E-state index contributed by atoms with van der Waals surface area (Å²) in [4.78, 5) is 12.1. The van der Waals surface area contributed by atoms with Gasteiger partial charge in [-0.1, -0.05) is 0 Å². The van der Waals surface area contributed by atoms with Crippen LogP contribution in [0.4, 0.5) is 0 Å². The topological polar surface area (TPSA) is 51.5 Å². The molecule has 0 aliphatic rings. The van der Waals surface area contributed by atoms with Gasteiger partial charge in [0.25, 0.3) is 0 Å². The van der Waals surface area contributed by atoms with Gasteiger partial charge in [-0.05, 0) is 41.8 Å². The molecule has 3 aromatic rings. The van der Waals surface area contributed by atoms with Crippen LogP contribution in [0.3, 0.4) is 0 Å². The third-order valence-corrected chi connectivity index (χ3v) is 4.46. The predicted octanol–water partition coefficient (Wildman–Crippen LogP) is 3.61. The van der Waals surface area contributed by atoms with Gasteiger partial charge in [0.05, 0.1) is 17.7 Å². The number of hydrogen-bond acceptors (Lipinski definition) is 3. The van der Waals surface area contributed by atoms with Gasteiger partial charge in [0, 0.05) is 11.7 Å². The van der Waals surface area contributed by atoms with Gasteiger partial charge < -0.3 is 14.4 Å². The van der Waals surface area contributed by atoms with Crippen molar-refractivity contribution < 1.29 is 14.6 Å². The monoisotopic (exact) mass is 287 g/mol. The Hall–Kier alpha value is -2.27. The third kappa shape index (κ3) is 1.96. The fraction of sp³-hybridized carbons (Fsp3) is 0.133. The molecule has 2 heterocycles. The van der Waals surface area contributed by atoms with Crippen LogP contribution in [0, 0.1) is 0 Å². The standard InChI is InChI=1S/C15H13NO3S/c1-16-11(4-5-12(16)15(17)18)14-8-9-7-10(19-2)3-6-13(9)20-14/h3-8H,1-2H3,(H,17,18). The molecule has 1 N–H and O–H groups in total. The average Bonchev–Trinajstić information content (AvgIpc) is 3.00. The summed E-state index contributed by atoms with van der Waals surface area (Å²) in [5.41, 5.74) is 1.19. The molecule has 20 heavy (non-hydrogen) atoms.